The number of piperidine rings is 1. The SMILES string of the molecule is CC(C)(C)OCC(O)CN1CCCC(N2CCCCCC2)C1. The van der Waals surface area contributed by atoms with E-state index < -0.39 is 0 Å². The zero-order valence-electron chi connectivity index (χ0n) is 14.9. The van der Waals surface area contributed by atoms with E-state index in [1.54, 1.807) is 0 Å². The number of hydrogen-bond acceptors (Lipinski definition) is 4. The van der Waals surface area contributed by atoms with Crippen LogP contribution in [0, 0.1) is 0 Å². The van der Waals surface area contributed by atoms with Crippen LogP contribution in [0.1, 0.15) is 59.3 Å². The number of nitrogens with zero attached hydrogens (tertiary/aromatic N) is 2. The molecule has 0 aromatic heterocycles. The van der Waals surface area contributed by atoms with Gasteiger partial charge in [-0.05, 0) is 66.1 Å². The highest BCUT2D eigenvalue weighted by atomic mass is 16.5. The molecule has 4 nitrogen and oxygen atoms in total. The van der Waals surface area contributed by atoms with Crippen LogP contribution in [0.4, 0.5) is 0 Å². The van der Waals surface area contributed by atoms with Gasteiger partial charge in [0.15, 0.2) is 0 Å². The van der Waals surface area contributed by atoms with Crippen molar-refractivity contribution in [3.8, 4) is 0 Å². The molecule has 2 atom stereocenters. The Morgan fingerprint density at radius 3 is 2.36 bits per heavy atom. The molecule has 2 rings (SSSR count). The molecule has 4 heteroatoms. The molecule has 0 aromatic carbocycles. The van der Waals surface area contributed by atoms with Gasteiger partial charge in [-0.15, -0.1) is 0 Å². The lowest BCUT2D eigenvalue weighted by atomic mass is 10.0. The third kappa shape index (κ3) is 6.53. The first kappa shape index (κ1) is 18.2. The summed E-state index contributed by atoms with van der Waals surface area (Å²) < 4.78 is 5.71. The van der Waals surface area contributed by atoms with Crippen molar-refractivity contribution in [3.63, 3.8) is 0 Å². The van der Waals surface area contributed by atoms with Gasteiger partial charge in [-0.1, -0.05) is 12.8 Å². The molecular formula is C18H36N2O2. The summed E-state index contributed by atoms with van der Waals surface area (Å²) in [5.74, 6) is 0. The van der Waals surface area contributed by atoms with Gasteiger partial charge in [-0.3, -0.25) is 9.80 Å². The zero-order chi connectivity index (χ0) is 16.0. The fourth-order valence-electron chi connectivity index (χ4n) is 3.65. The number of β-amino-alcohol motifs (C(OH)–C–C–N with tert-alkyl or cyclic N) is 1. The van der Waals surface area contributed by atoms with Gasteiger partial charge in [-0.25, -0.2) is 0 Å². The molecule has 2 heterocycles. The largest absolute Gasteiger partial charge is 0.389 e. The van der Waals surface area contributed by atoms with Crippen molar-refractivity contribution in [1.29, 1.82) is 0 Å². The van der Waals surface area contributed by atoms with E-state index in [2.05, 4.69) is 9.80 Å². The van der Waals surface area contributed by atoms with Crippen molar-refractivity contribution in [2.45, 2.75) is 77.0 Å². The molecule has 0 radical (unpaired) electrons. The Hall–Kier alpha value is -0.160. The summed E-state index contributed by atoms with van der Waals surface area (Å²) in [6, 6.07) is 0.697. The number of ether oxygens (including phenoxy) is 1. The van der Waals surface area contributed by atoms with Gasteiger partial charge in [0.25, 0.3) is 0 Å². The molecule has 0 saturated carbocycles. The quantitative estimate of drug-likeness (QED) is 0.846. The van der Waals surface area contributed by atoms with Crippen LogP contribution >= 0.6 is 0 Å². The summed E-state index contributed by atoms with van der Waals surface area (Å²) in [5.41, 5.74) is -0.169. The Kier molecular flexibility index (Phi) is 7.13. The van der Waals surface area contributed by atoms with Gasteiger partial charge in [0, 0.05) is 19.1 Å². The van der Waals surface area contributed by atoms with Crippen LogP contribution in [-0.4, -0.2) is 72.0 Å². The summed E-state index contributed by atoms with van der Waals surface area (Å²) in [6.07, 6.45) is 7.73. The fourth-order valence-corrected chi connectivity index (χ4v) is 3.65. The highest BCUT2D eigenvalue weighted by Crippen LogP contribution is 2.20. The molecule has 22 heavy (non-hydrogen) atoms. The van der Waals surface area contributed by atoms with E-state index in [9.17, 15) is 5.11 Å². The molecule has 130 valence electrons. The molecule has 2 fully saturated rings. The van der Waals surface area contributed by atoms with Crippen molar-refractivity contribution in [2.24, 2.45) is 0 Å². The van der Waals surface area contributed by atoms with Crippen molar-refractivity contribution in [2.75, 3.05) is 39.3 Å². The summed E-state index contributed by atoms with van der Waals surface area (Å²) in [6.45, 7) is 12.1. The van der Waals surface area contributed by atoms with E-state index >= 15 is 0 Å². The average Bonchev–Trinajstić information content (AvgIpc) is 2.74. The predicted octanol–water partition coefficient (Wildman–Crippen LogP) is 2.50. The first-order valence-corrected chi connectivity index (χ1v) is 9.22. The lowest BCUT2D eigenvalue weighted by molar-refractivity contribution is -0.0593. The lowest BCUT2D eigenvalue weighted by Gasteiger charge is -2.39. The van der Waals surface area contributed by atoms with Gasteiger partial charge < -0.3 is 9.84 Å². The minimum atomic E-state index is -0.373. The van der Waals surface area contributed by atoms with E-state index in [0.717, 1.165) is 19.6 Å². The first-order valence-electron chi connectivity index (χ1n) is 9.22. The molecule has 0 spiro atoms. The Labute approximate surface area is 136 Å². The van der Waals surface area contributed by atoms with Gasteiger partial charge in [0.2, 0.25) is 0 Å². The maximum Gasteiger partial charge on any atom is 0.0900 e. The normalized spacial score (nSPS) is 27.5. The Morgan fingerprint density at radius 1 is 1.05 bits per heavy atom. The number of aliphatic hydroxyl groups excluding tert-OH is 1. The third-order valence-electron chi connectivity index (χ3n) is 4.82. The minimum absolute atomic E-state index is 0.169. The molecule has 0 aromatic rings. The molecule has 0 amide bonds. The smallest absolute Gasteiger partial charge is 0.0900 e. The van der Waals surface area contributed by atoms with Crippen LogP contribution < -0.4 is 0 Å². The first-order chi connectivity index (χ1) is 10.4. The standard InChI is InChI=1S/C18H36N2O2/c1-18(2,3)22-15-17(21)14-19-10-8-9-16(13-19)20-11-6-4-5-7-12-20/h16-17,21H,4-15H2,1-3H3. The van der Waals surface area contributed by atoms with Crippen LogP contribution in [0.25, 0.3) is 0 Å². The number of hydrogen-bond donors (Lipinski definition) is 1. The van der Waals surface area contributed by atoms with Gasteiger partial charge in [-0.2, -0.15) is 0 Å². The number of aliphatic hydroxyl groups is 1. The maximum absolute atomic E-state index is 10.2. The van der Waals surface area contributed by atoms with E-state index in [4.69, 9.17) is 4.74 Å². The van der Waals surface area contributed by atoms with Crippen molar-refractivity contribution in [1.82, 2.24) is 9.80 Å². The van der Waals surface area contributed by atoms with Gasteiger partial charge in [0.1, 0.15) is 0 Å². The van der Waals surface area contributed by atoms with Gasteiger partial charge in [0.05, 0.1) is 18.3 Å². The highest BCUT2D eigenvalue weighted by Gasteiger charge is 2.27. The zero-order valence-corrected chi connectivity index (χ0v) is 14.9. The predicted molar refractivity (Wildman–Crippen MR) is 91.2 cm³/mol. The average molecular weight is 312 g/mol. The second-order valence-electron chi connectivity index (χ2n) is 8.08. The van der Waals surface area contributed by atoms with Crippen molar-refractivity contribution >= 4 is 0 Å². The summed E-state index contributed by atoms with van der Waals surface area (Å²) >= 11 is 0. The molecule has 2 aliphatic rings. The number of likely N-dealkylation sites (tertiary alicyclic amines) is 2. The topological polar surface area (TPSA) is 35.9 Å². The van der Waals surface area contributed by atoms with E-state index in [0.29, 0.717) is 12.6 Å². The molecule has 1 N–H and O–H groups in total. The maximum atomic E-state index is 10.2. The van der Waals surface area contributed by atoms with Crippen molar-refractivity contribution in [3.05, 3.63) is 0 Å². The van der Waals surface area contributed by atoms with Crippen LogP contribution in [0.15, 0.2) is 0 Å². The third-order valence-corrected chi connectivity index (χ3v) is 4.82. The molecular weight excluding hydrogens is 276 g/mol. The van der Waals surface area contributed by atoms with Crippen LogP contribution in [-0.2, 0) is 4.74 Å². The Bertz CT molecular complexity index is 309. The monoisotopic (exact) mass is 312 g/mol. The molecule has 0 aliphatic carbocycles. The van der Waals surface area contributed by atoms with Crippen LogP contribution in [0.5, 0.6) is 0 Å². The molecule has 2 saturated heterocycles. The van der Waals surface area contributed by atoms with Gasteiger partial charge >= 0.3 is 0 Å². The highest BCUT2D eigenvalue weighted by molar-refractivity contribution is 4.83. The Morgan fingerprint density at radius 2 is 1.73 bits per heavy atom. The van der Waals surface area contributed by atoms with E-state index in [1.807, 2.05) is 20.8 Å². The molecule has 2 unspecified atom stereocenters. The van der Waals surface area contributed by atoms with Crippen LogP contribution in [0.3, 0.4) is 0 Å². The summed E-state index contributed by atoms with van der Waals surface area (Å²) in [7, 11) is 0. The van der Waals surface area contributed by atoms with Crippen LogP contribution in [0.2, 0.25) is 0 Å². The lowest BCUT2D eigenvalue weighted by Crippen LogP contribution is -2.50. The summed E-state index contributed by atoms with van der Waals surface area (Å²) in [5, 5.41) is 10.2. The molecule has 0 bridgehead atoms. The summed E-state index contributed by atoms with van der Waals surface area (Å²) in [4.78, 5) is 5.15. The second-order valence-corrected chi connectivity index (χ2v) is 8.08. The minimum Gasteiger partial charge on any atom is -0.389 e. The van der Waals surface area contributed by atoms with E-state index in [1.165, 1.54) is 51.6 Å². The Balaban J connectivity index is 1.75. The fraction of sp³-hybridized carbons (Fsp3) is 1.00. The van der Waals surface area contributed by atoms with E-state index in [-0.39, 0.29) is 11.7 Å². The number of rotatable bonds is 5. The second kappa shape index (κ2) is 8.62. The van der Waals surface area contributed by atoms with Crippen molar-refractivity contribution < 1.29 is 9.84 Å². The molecule has 2 aliphatic heterocycles.